The Bertz CT molecular complexity index is 1970. The number of hydrogen-bond donors (Lipinski definition) is 0. The number of aryl methyl sites for hydroxylation is 3. The number of nitrogens with zero attached hydrogens (tertiary/aromatic N) is 4. The zero-order valence-electron chi connectivity index (χ0n) is 30.1. The fourth-order valence-electron chi connectivity index (χ4n) is 6.22. The van der Waals surface area contributed by atoms with Crippen LogP contribution in [0.3, 0.4) is 0 Å². The van der Waals surface area contributed by atoms with Gasteiger partial charge in [0.15, 0.2) is 11.6 Å². The van der Waals surface area contributed by atoms with Gasteiger partial charge in [-0.25, -0.2) is 9.97 Å². The van der Waals surface area contributed by atoms with Gasteiger partial charge in [0.05, 0.1) is 56.6 Å². The summed E-state index contributed by atoms with van der Waals surface area (Å²) in [4.78, 5) is 8.28. The third kappa shape index (κ3) is 11.8. The molecular formula is C39H45Cl3N4O7S. The molecule has 0 bridgehead atoms. The van der Waals surface area contributed by atoms with E-state index in [4.69, 9.17) is 46.3 Å². The molecule has 7 rings (SSSR count). The molecule has 0 unspecified atom stereocenters. The molecule has 0 radical (unpaired) electrons. The molecule has 2 aromatic heterocycles. The molecule has 2 fully saturated rings. The highest BCUT2D eigenvalue weighted by Crippen LogP contribution is 2.33. The molecule has 290 valence electrons. The summed E-state index contributed by atoms with van der Waals surface area (Å²) in [6, 6.07) is 22.1. The minimum Gasteiger partial charge on any atom is -0.345 e. The van der Waals surface area contributed by atoms with Crippen molar-refractivity contribution in [3.63, 3.8) is 0 Å². The average molecular weight is 820 g/mol. The molecule has 2 aliphatic rings. The Labute approximate surface area is 333 Å². The molecule has 0 saturated carbocycles. The van der Waals surface area contributed by atoms with E-state index >= 15 is 0 Å². The van der Waals surface area contributed by atoms with Crippen molar-refractivity contribution in [3.8, 4) is 0 Å². The van der Waals surface area contributed by atoms with Crippen LogP contribution in [0.1, 0.15) is 36.5 Å². The summed E-state index contributed by atoms with van der Waals surface area (Å²) in [6.45, 7) is 5.77. The van der Waals surface area contributed by atoms with Crippen molar-refractivity contribution in [2.75, 3.05) is 19.8 Å². The molecule has 0 aliphatic carbocycles. The first-order valence-corrected chi connectivity index (χ1v) is 19.7. The van der Waals surface area contributed by atoms with Crippen molar-refractivity contribution in [2.24, 2.45) is 0 Å². The Morgan fingerprint density at radius 3 is 1.72 bits per heavy atom. The van der Waals surface area contributed by atoms with E-state index < -0.39 is 27.8 Å². The van der Waals surface area contributed by atoms with Crippen LogP contribution in [0.25, 0.3) is 0 Å². The molecule has 0 spiro atoms. The van der Waals surface area contributed by atoms with Gasteiger partial charge >= 0.3 is 0 Å². The number of hydrogen-bond acceptors (Lipinski definition) is 9. The molecule has 0 N–H and O–H groups in total. The maximum absolute atomic E-state index is 12.5. The molecule has 4 atom stereocenters. The monoisotopic (exact) mass is 818 g/mol. The van der Waals surface area contributed by atoms with E-state index in [-0.39, 0.29) is 36.6 Å². The fraction of sp³-hybridized carbons (Fsp3) is 0.385. The van der Waals surface area contributed by atoms with Gasteiger partial charge in [0.1, 0.15) is 6.10 Å². The SMILES string of the molecule is C[C@@H]1CO[C@](CCc2ccc(Cl)cc2)(Cn2ccnc2)O1.Cc1ccc(S(=O)(=O)OC[C@@H]2CO[C@](CCc3ccc(Cl)cc3)(Cn3ccnc3)O2)cc1.Cl. The Morgan fingerprint density at radius 1 is 0.759 bits per heavy atom. The highest BCUT2D eigenvalue weighted by molar-refractivity contribution is 7.86. The second-order valence-electron chi connectivity index (χ2n) is 13.4. The molecule has 54 heavy (non-hydrogen) atoms. The summed E-state index contributed by atoms with van der Waals surface area (Å²) in [5.41, 5.74) is 3.31. The normalized spacial score (nSPS) is 22.4. The number of imidazole rings is 2. The van der Waals surface area contributed by atoms with Crippen molar-refractivity contribution < 1.29 is 31.5 Å². The number of halogens is 3. The van der Waals surface area contributed by atoms with Crippen LogP contribution in [0.15, 0.2) is 115 Å². The van der Waals surface area contributed by atoms with Crippen LogP contribution >= 0.6 is 35.6 Å². The van der Waals surface area contributed by atoms with Gasteiger partial charge in [-0.2, -0.15) is 8.42 Å². The van der Waals surface area contributed by atoms with Crippen LogP contribution in [0, 0.1) is 6.92 Å². The predicted molar refractivity (Wildman–Crippen MR) is 208 cm³/mol. The van der Waals surface area contributed by atoms with Crippen molar-refractivity contribution in [1.82, 2.24) is 19.1 Å². The summed E-state index contributed by atoms with van der Waals surface area (Å²) < 4.78 is 58.6. The Morgan fingerprint density at radius 2 is 1.26 bits per heavy atom. The van der Waals surface area contributed by atoms with Gasteiger partial charge in [0, 0.05) is 47.7 Å². The van der Waals surface area contributed by atoms with Crippen LogP contribution in [0.4, 0.5) is 0 Å². The van der Waals surface area contributed by atoms with E-state index in [2.05, 4.69) is 9.97 Å². The van der Waals surface area contributed by atoms with Crippen LogP contribution in [0.5, 0.6) is 0 Å². The minimum atomic E-state index is -3.87. The Hall–Kier alpha value is -3.30. The molecule has 3 aromatic carbocycles. The quantitative estimate of drug-likeness (QED) is 0.104. The molecule has 15 heteroatoms. The van der Waals surface area contributed by atoms with Gasteiger partial charge in [-0.3, -0.25) is 4.18 Å². The number of aromatic nitrogens is 4. The first-order chi connectivity index (χ1) is 25.5. The predicted octanol–water partition coefficient (Wildman–Crippen LogP) is 7.72. The Balaban J connectivity index is 0.000000221. The molecule has 5 aromatic rings. The molecule has 11 nitrogen and oxygen atoms in total. The summed E-state index contributed by atoms with van der Waals surface area (Å²) in [7, 11) is -3.87. The number of benzene rings is 3. The van der Waals surface area contributed by atoms with Gasteiger partial charge in [-0.15, -0.1) is 12.4 Å². The first-order valence-electron chi connectivity index (χ1n) is 17.5. The number of rotatable bonds is 14. The van der Waals surface area contributed by atoms with Gasteiger partial charge in [-0.05, 0) is 74.2 Å². The first kappa shape index (κ1) is 41.9. The summed E-state index contributed by atoms with van der Waals surface area (Å²) >= 11 is 11.9. The van der Waals surface area contributed by atoms with Crippen molar-refractivity contribution in [2.45, 2.75) is 81.3 Å². The van der Waals surface area contributed by atoms with E-state index in [0.29, 0.717) is 37.6 Å². The van der Waals surface area contributed by atoms with E-state index in [9.17, 15) is 8.42 Å². The van der Waals surface area contributed by atoms with Crippen molar-refractivity contribution in [3.05, 3.63) is 137 Å². The van der Waals surface area contributed by atoms with E-state index in [0.717, 1.165) is 29.0 Å². The molecule has 0 amide bonds. The van der Waals surface area contributed by atoms with Gasteiger partial charge in [0.25, 0.3) is 10.1 Å². The average Bonchev–Trinajstić information content (AvgIpc) is 3.98. The third-order valence-corrected chi connectivity index (χ3v) is 10.8. The number of ether oxygens (including phenoxy) is 4. The van der Waals surface area contributed by atoms with Crippen molar-refractivity contribution in [1.29, 1.82) is 0 Å². The zero-order valence-corrected chi connectivity index (χ0v) is 33.3. The summed E-state index contributed by atoms with van der Waals surface area (Å²) in [5, 5.41) is 1.44. The lowest BCUT2D eigenvalue weighted by atomic mass is 10.0. The van der Waals surface area contributed by atoms with Crippen LogP contribution < -0.4 is 0 Å². The maximum atomic E-state index is 12.5. The maximum Gasteiger partial charge on any atom is 0.297 e. The topological polar surface area (TPSA) is 116 Å². The van der Waals surface area contributed by atoms with Crippen LogP contribution in [-0.4, -0.2) is 71.1 Å². The Kier molecular flexibility index (Phi) is 14.8. The summed E-state index contributed by atoms with van der Waals surface area (Å²) in [5.74, 6) is -1.48. The lowest BCUT2D eigenvalue weighted by Crippen LogP contribution is -2.37. The van der Waals surface area contributed by atoms with Crippen LogP contribution in [-0.2, 0) is 59.2 Å². The summed E-state index contributed by atoms with van der Waals surface area (Å²) in [6.07, 6.45) is 13.3. The smallest absolute Gasteiger partial charge is 0.297 e. The van der Waals surface area contributed by atoms with Gasteiger partial charge in [-0.1, -0.05) is 65.2 Å². The van der Waals surface area contributed by atoms with E-state index in [1.165, 1.54) is 17.7 Å². The molecule has 2 saturated heterocycles. The van der Waals surface area contributed by atoms with E-state index in [1.807, 2.05) is 83.9 Å². The van der Waals surface area contributed by atoms with E-state index in [1.54, 1.807) is 37.2 Å². The fourth-order valence-corrected chi connectivity index (χ4v) is 7.40. The minimum absolute atomic E-state index is 0. The standard InChI is InChI=1S/C23H25ClN2O5S.C16H19ClN2O2.ClH/c1-18-2-8-22(9-3-18)32(27,28)30-15-21-14-29-23(31-21,16-26-13-12-25-17-26)11-10-19-4-6-20(24)7-5-19;1-13-10-20-16(21-13,11-19-9-8-18-12-19)7-6-14-2-4-15(17)5-3-14;/h2-9,12-13,17,21H,10-11,14-16H2,1H3;2-5,8-9,12-13H,6-7,10-11H2,1H3;1H/t21-,23-;13-,16+;/m01./s1. The van der Waals surface area contributed by atoms with Crippen molar-refractivity contribution >= 4 is 45.7 Å². The zero-order chi connectivity index (χ0) is 37.3. The van der Waals surface area contributed by atoms with Gasteiger partial charge in [0.2, 0.25) is 0 Å². The lowest BCUT2D eigenvalue weighted by molar-refractivity contribution is -0.184. The highest BCUT2D eigenvalue weighted by atomic mass is 35.5. The third-order valence-electron chi connectivity index (χ3n) is 9.01. The van der Waals surface area contributed by atoms with Gasteiger partial charge < -0.3 is 28.1 Å². The molecule has 4 heterocycles. The lowest BCUT2D eigenvalue weighted by Gasteiger charge is -2.28. The highest BCUT2D eigenvalue weighted by Gasteiger charge is 2.42. The largest absolute Gasteiger partial charge is 0.345 e. The second kappa shape index (κ2) is 19.0. The molecular weight excluding hydrogens is 775 g/mol. The molecule has 2 aliphatic heterocycles. The van der Waals surface area contributed by atoms with Crippen LogP contribution in [0.2, 0.25) is 10.0 Å². The second-order valence-corrected chi connectivity index (χ2v) is 15.9.